The van der Waals surface area contributed by atoms with Crippen molar-refractivity contribution in [2.75, 3.05) is 6.54 Å². The quantitative estimate of drug-likeness (QED) is 0.757. The summed E-state index contributed by atoms with van der Waals surface area (Å²) in [6.45, 7) is 6.80. The molecule has 4 nitrogen and oxygen atoms in total. The normalized spacial score (nSPS) is 18.7. The third-order valence-electron chi connectivity index (χ3n) is 3.16. The summed E-state index contributed by atoms with van der Waals surface area (Å²) in [5.74, 6) is 0.202. The van der Waals surface area contributed by atoms with Gasteiger partial charge in [-0.2, -0.15) is 0 Å². The Hall–Kier alpha value is -1.32. The highest BCUT2D eigenvalue weighted by Gasteiger charge is 2.38. The Morgan fingerprint density at radius 2 is 2.40 bits per heavy atom. The molecule has 0 radical (unpaired) electrons. The Bertz CT molecular complexity index is 381. The minimum atomic E-state index is -0.277. The first kappa shape index (κ1) is 10.2. The predicted octanol–water partition coefficient (Wildman–Crippen LogP) is 1.44. The first-order valence-electron chi connectivity index (χ1n) is 5.40. The number of carbonyl (C=O) groups is 1. The third kappa shape index (κ3) is 1.44. The van der Waals surface area contributed by atoms with Crippen LogP contribution in [0.25, 0.3) is 0 Å². The van der Waals surface area contributed by atoms with E-state index < -0.39 is 0 Å². The number of H-pyrrole nitrogens is 1. The molecule has 0 atom stereocenters. The molecule has 0 unspecified atom stereocenters. The van der Waals surface area contributed by atoms with Crippen molar-refractivity contribution in [1.29, 1.82) is 0 Å². The summed E-state index contributed by atoms with van der Waals surface area (Å²) in [7, 11) is 0. The van der Waals surface area contributed by atoms with Crippen LogP contribution >= 0.6 is 0 Å². The second-order valence-electron chi connectivity index (χ2n) is 4.44. The van der Waals surface area contributed by atoms with E-state index in [1.165, 1.54) is 5.69 Å². The molecule has 0 fully saturated rings. The smallest absolute Gasteiger partial charge is 0.223 e. The van der Waals surface area contributed by atoms with Gasteiger partial charge in [0, 0.05) is 25.1 Å². The lowest BCUT2D eigenvalue weighted by atomic mass is 9.90. The number of aromatic nitrogens is 2. The van der Waals surface area contributed by atoms with Crippen molar-refractivity contribution in [1.82, 2.24) is 14.9 Å². The van der Waals surface area contributed by atoms with Gasteiger partial charge in [0.1, 0.15) is 0 Å². The van der Waals surface area contributed by atoms with E-state index >= 15 is 0 Å². The van der Waals surface area contributed by atoms with Crippen LogP contribution in [-0.4, -0.2) is 27.3 Å². The first-order valence-corrected chi connectivity index (χ1v) is 5.40. The Kier molecular flexibility index (Phi) is 2.29. The van der Waals surface area contributed by atoms with Gasteiger partial charge >= 0.3 is 0 Å². The monoisotopic (exact) mass is 207 g/mol. The van der Waals surface area contributed by atoms with Gasteiger partial charge in [0.25, 0.3) is 0 Å². The second-order valence-corrected chi connectivity index (χ2v) is 4.44. The van der Waals surface area contributed by atoms with Crippen LogP contribution < -0.4 is 0 Å². The zero-order valence-corrected chi connectivity index (χ0v) is 9.50. The van der Waals surface area contributed by atoms with Crippen molar-refractivity contribution in [2.45, 2.75) is 39.2 Å². The molecule has 1 aromatic heterocycles. The average Bonchev–Trinajstić information content (AvgIpc) is 2.66. The lowest BCUT2D eigenvalue weighted by molar-refractivity contribution is -0.137. The lowest BCUT2D eigenvalue weighted by Crippen LogP contribution is -2.49. The number of amides is 1. The highest BCUT2D eigenvalue weighted by Crippen LogP contribution is 2.33. The molecular formula is C11H17N3O. The maximum atomic E-state index is 11.8. The van der Waals surface area contributed by atoms with Crippen molar-refractivity contribution >= 4 is 5.91 Å². The number of rotatable bonds is 1. The van der Waals surface area contributed by atoms with Crippen LogP contribution in [0.5, 0.6) is 0 Å². The van der Waals surface area contributed by atoms with Crippen molar-refractivity contribution in [3.63, 3.8) is 0 Å². The van der Waals surface area contributed by atoms with E-state index in [1.54, 1.807) is 6.33 Å². The lowest BCUT2D eigenvalue weighted by Gasteiger charge is -2.41. The number of imidazole rings is 1. The van der Waals surface area contributed by atoms with Gasteiger partial charge in [-0.15, -0.1) is 0 Å². The first-order chi connectivity index (χ1) is 7.07. The minimum absolute atomic E-state index is 0.202. The van der Waals surface area contributed by atoms with Gasteiger partial charge in [-0.3, -0.25) is 4.79 Å². The Labute approximate surface area is 89.7 Å². The SMILES string of the molecule is CCC(=O)N1CCc2[nH]cnc2C1(C)C. The van der Waals surface area contributed by atoms with Gasteiger partial charge in [0.05, 0.1) is 17.6 Å². The van der Waals surface area contributed by atoms with Gasteiger partial charge in [-0.1, -0.05) is 6.92 Å². The number of nitrogens with one attached hydrogen (secondary N) is 1. The minimum Gasteiger partial charge on any atom is -0.348 e. The Morgan fingerprint density at radius 1 is 1.67 bits per heavy atom. The Balaban J connectivity index is 2.38. The maximum Gasteiger partial charge on any atom is 0.223 e. The number of hydrogen-bond acceptors (Lipinski definition) is 2. The largest absolute Gasteiger partial charge is 0.348 e. The van der Waals surface area contributed by atoms with Gasteiger partial charge in [0.2, 0.25) is 5.91 Å². The molecule has 1 N–H and O–H groups in total. The molecule has 82 valence electrons. The number of carbonyl (C=O) groups excluding carboxylic acids is 1. The number of fused-ring (bicyclic) bond motifs is 1. The molecule has 0 bridgehead atoms. The van der Waals surface area contributed by atoms with Crippen molar-refractivity contribution < 1.29 is 4.79 Å². The van der Waals surface area contributed by atoms with Crippen LogP contribution in [0.2, 0.25) is 0 Å². The fourth-order valence-electron chi connectivity index (χ4n) is 2.30. The van der Waals surface area contributed by atoms with E-state index in [0.29, 0.717) is 6.42 Å². The molecule has 0 spiro atoms. The van der Waals surface area contributed by atoms with Crippen molar-refractivity contribution in [2.24, 2.45) is 0 Å². The van der Waals surface area contributed by atoms with E-state index in [4.69, 9.17) is 0 Å². The van der Waals surface area contributed by atoms with E-state index in [-0.39, 0.29) is 11.4 Å². The molecule has 1 aliphatic heterocycles. The summed E-state index contributed by atoms with van der Waals surface area (Å²) in [4.78, 5) is 21.2. The zero-order chi connectivity index (χ0) is 11.1. The molecule has 2 rings (SSSR count). The van der Waals surface area contributed by atoms with Crippen LogP contribution in [0.1, 0.15) is 38.6 Å². The molecule has 0 saturated heterocycles. The van der Waals surface area contributed by atoms with E-state index in [0.717, 1.165) is 18.7 Å². The van der Waals surface area contributed by atoms with Crippen LogP contribution in [-0.2, 0) is 16.8 Å². The molecule has 0 saturated carbocycles. The summed E-state index contributed by atoms with van der Waals surface area (Å²) in [5.41, 5.74) is 1.90. The molecule has 1 aromatic rings. The van der Waals surface area contributed by atoms with Gasteiger partial charge in [-0.05, 0) is 13.8 Å². The van der Waals surface area contributed by atoms with Crippen LogP contribution in [0.15, 0.2) is 6.33 Å². The zero-order valence-electron chi connectivity index (χ0n) is 9.50. The highest BCUT2D eigenvalue weighted by atomic mass is 16.2. The summed E-state index contributed by atoms with van der Waals surface area (Å²) in [6.07, 6.45) is 3.15. The molecule has 2 heterocycles. The molecule has 4 heteroatoms. The van der Waals surface area contributed by atoms with E-state index in [2.05, 4.69) is 23.8 Å². The van der Waals surface area contributed by atoms with Crippen LogP contribution in [0.4, 0.5) is 0 Å². The Morgan fingerprint density at radius 3 is 3.07 bits per heavy atom. The second kappa shape index (κ2) is 3.36. The van der Waals surface area contributed by atoms with E-state index in [1.807, 2.05) is 11.8 Å². The molecule has 0 aromatic carbocycles. The number of aromatic amines is 1. The van der Waals surface area contributed by atoms with E-state index in [9.17, 15) is 4.79 Å². The van der Waals surface area contributed by atoms with Gasteiger partial charge in [0.15, 0.2) is 0 Å². The molecular weight excluding hydrogens is 190 g/mol. The third-order valence-corrected chi connectivity index (χ3v) is 3.16. The summed E-state index contributed by atoms with van der Waals surface area (Å²) in [6, 6.07) is 0. The van der Waals surface area contributed by atoms with Gasteiger partial charge < -0.3 is 9.88 Å². The fraction of sp³-hybridized carbons (Fsp3) is 0.636. The maximum absolute atomic E-state index is 11.8. The topological polar surface area (TPSA) is 49.0 Å². The van der Waals surface area contributed by atoms with Crippen molar-refractivity contribution in [3.05, 3.63) is 17.7 Å². The fourth-order valence-corrected chi connectivity index (χ4v) is 2.30. The average molecular weight is 207 g/mol. The van der Waals surface area contributed by atoms with Crippen molar-refractivity contribution in [3.8, 4) is 0 Å². The van der Waals surface area contributed by atoms with Crippen LogP contribution in [0.3, 0.4) is 0 Å². The standard InChI is InChI=1S/C11H17N3O/c1-4-9(15)14-6-5-8-10(11(14,2)3)13-7-12-8/h7H,4-6H2,1-3H3,(H,12,13). The predicted molar refractivity (Wildman–Crippen MR) is 57.3 cm³/mol. The number of nitrogens with zero attached hydrogens (tertiary/aromatic N) is 2. The molecule has 1 aliphatic rings. The summed E-state index contributed by atoms with van der Waals surface area (Å²) < 4.78 is 0. The summed E-state index contributed by atoms with van der Waals surface area (Å²) in [5, 5.41) is 0. The highest BCUT2D eigenvalue weighted by molar-refractivity contribution is 5.77. The van der Waals surface area contributed by atoms with Gasteiger partial charge in [-0.25, -0.2) is 4.98 Å². The molecule has 0 aliphatic carbocycles. The molecule has 1 amide bonds. The number of hydrogen-bond donors (Lipinski definition) is 1. The molecule has 15 heavy (non-hydrogen) atoms. The summed E-state index contributed by atoms with van der Waals surface area (Å²) >= 11 is 0. The van der Waals surface area contributed by atoms with Crippen LogP contribution in [0, 0.1) is 0 Å².